The number of terminal acetylenes is 1. The van der Waals surface area contributed by atoms with Crippen LogP contribution in [0.4, 0.5) is 0 Å². The number of carbonyl (C=O) groups excluding carboxylic acids is 3. The van der Waals surface area contributed by atoms with Gasteiger partial charge in [-0.05, 0) is 85.9 Å². The van der Waals surface area contributed by atoms with E-state index in [-0.39, 0.29) is 30.5 Å². The molecule has 2 aromatic rings. The van der Waals surface area contributed by atoms with Crippen molar-refractivity contribution < 1.29 is 19.1 Å². The minimum Gasteiger partial charge on any atom is -0.466 e. The lowest BCUT2D eigenvalue weighted by Crippen LogP contribution is -2.42. The van der Waals surface area contributed by atoms with E-state index in [2.05, 4.69) is 16.2 Å². The molecule has 1 amide bonds. The van der Waals surface area contributed by atoms with Crippen LogP contribution >= 0.6 is 0 Å². The van der Waals surface area contributed by atoms with Gasteiger partial charge in [0, 0.05) is 17.6 Å². The fourth-order valence-corrected chi connectivity index (χ4v) is 5.11. The molecule has 1 aromatic heterocycles. The highest BCUT2D eigenvalue weighted by Gasteiger charge is 2.37. The number of rotatable bonds is 10. The molecule has 39 heavy (non-hydrogen) atoms. The second-order valence-corrected chi connectivity index (χ2v) is 10.6. The van der Waals surface area contributed by atoms with Gasteiger partial charge in [0.2, 0.25) is 5.91 Å². The zero-order valence-electron chi connectivity index (χ0n) is 23.7. The van der Waals surface area contributed by atoms with Gasteiger partial charge in [-0.1, -0.05) is 38.1 Å². The lowest BCUT2D eigenvalue weighted by atomic mass is 9.36. The summed E-state index contributed by atoms with van der Waals surface area (Å²) in [5, 5.41) is 3.06. The van der Waals surface area contributed by atoms with E-state index >= 15 is 0 Å². The second-order valence-electron chi connectivity index (χ2n) is 10.6. The van der Waals surface area contributed by atoms with Gasteiger partial charge in [-0.25, -0.2) is 4.98 Å². The van der Waals surface area contributed by atoms with E-state index in [0.717, 1.165) is 27.8 Å². The second kappa shape index (κ2) is 13.2. The zero-order chi connectivity index (χ0) is 28.7. The van der Waals surface area contributed by atoms with Gasteiger partial charge in [-0.3, -0.25) is 9.59 Å². The number of amides is 1. The average molecular weight is 524 g/mol. The Morgan fingerprint density at radius 3 is 2.46 bits per heavy atom. The Hall–Kier alpha value is -3.92. The summed E-state index contributed by atoms with van der Waals surface area (Å²) in [7, 11) is 0. The molecule has 2 atom stereocenters. The molecule has 1 unspecified atom stereocenters. The molecule has 1 aromatic carbocycles. The van der Waals surface area contributed by atoms with Crippen LogP contribution < -0.4 is 5.32 Å². The zero-order valence-corrected chi connectivity index (χ0v) is 23.7. The van der Waals surface area contributed by atoms with Crippen LogP contribution in [-0.2, 0) is 19.1 Å². The molecule has 0 fully saturated rings. The Morgan fingerprint density at radius 2 is 1.87 bits per heavy atom. The molecule has 1 aliphatic heterocycles. The number of nitrogens with zero attached hydrogens (tertiary/aromatic N) is 1. The monoisotopic (exact) mass is 524 g/mol. The first-order valence-corrected chi connectivity index (χ1v) is 13.4. The highest BCUT2D eigenvalue weighted by Crippen LogP contribution is 2.33. The SMILES string of the molecule is C#Cc1ncc(C(CC(=O)OCC)NC(=O)[C@@H](CC(C)C)B2C=CC(C)=CC2=O)cc1-c1c(C)cccc1C. The average Bonchev–Trinajstić information content (AvgIpc) is 2.87. The van der Waals surface area contributed by atoms with Gasteiger partial charge < -0.3 is 14.8 Å². The predicted octanol–water partition coefficient (Wildman–Crippen LogP) is 5.53. The number of benzene rings is 1. The van der Waals surface area contributed by atoms with Crippen LogP contribution in [0.2, 0.25) is 5.82 Å². The highest BCUT2D eigenvalue weighted by atomic mass is 16.5. The normalized spacial score (nSPS) is 14.5. The summed E-state index contributed by atoms with van der Waals surface area (Å²) >= 11 is 0. The molecule has 202 valence electrons. The maximum absolute atomic E-state index is 13.8. The number of allylic oxidation sites excluding steroid dienone is 3. The quantitative estimate of drug-likeness (QED) is 0.251. The first kappa shape index (κ1) is 29.6. The van der Waals surface area contributed by atoms with Crippen molar-refractivity contribution in [1.82, 2.24) is 10.3 Å². The van der Waals surface area contributed by atoms with Crippen LogP contribution in [0, 0.1) is 32.1 Å². The Balaban J connectivity index is 2.04. The van der Waals surface area contributed by atoms with Gasteiger partial charge in [0.15, 0.2) is 0 Å². The van der Waals surface area contributed by atoms with E-state index in [9.17, 15) is 14.4 Å². The van der Waals surface area contributed by atoms with Gasteiger partial charge in [-0.2, -0.15) is 0 Å². The van der Waals surface area contributed by atoms with E-state index in [0.29, 0.717) is 17.7 Å². The molecule has 0 saturated heterocycles. The number of hydrogen-bond acceptors (Lipinski definition) is 5. The summed E-state index contributed by atoms with van der Waals surface area (Å²) in [6.07, 6.45) is 11.3. The van der Waals surface area contributed by atoms with Crippen LogP contribution in [-0.4, -0.2) is 35.9 Å². The summed E-state index contributed by atoms with van der Waals surface area (Å²) in [4.78, 5) is 43.8. The van der Waals surface area contributed by atoms with Crippen molar-refractivity contribution in [1.29, 1.82) is 0 Å². The fraction of sp³-hybridized carbons (Fsp3) is 0.375. The molecule has 0 spiro atoms. The molecular weight excluding hydrogens is 487 g/mol. The number of esters is 1. The van der Waals surface area contributed by atoms with Crippen LogP contribution in [0.3, 0.4) is 0 Å². The van der Waals surface area contributed by atoms with Gasteiger partial charge in [-0.15, -0.1) is 12.4 Å². The Labute approximate surface area is 232 Å². The van der Waals surface area contributed by atoms with Crippen molar-refractivity contribution in [3.8, 4) is 23.5 Å². The molecule has 0 bridgehead atoms. The molecule has 0 radical (unpaired) electrons. The van der Waals surface area contributed by atoms with Crippen molar-refractivity contribution in [3.05, 3.63) is 76.5 Å². The summed E-state index contributed by atoms with van der Waals surface area (Å²) in [6, 6.07) is 7.19. The number of aromatic nitrogens is 1. The van der Waals surface area contributed by atoms with E-state index in [4.69, 9.17) is 11.2 Å². The highest BCUT2D eigenvalue weighted by molar-refractivity contribution is 6.98. The first-order valence-electron chi connectivity index (χ1n) is 13.4. The van der Waals surface area contributed by atoms with Crippen molar-refractivity contribution in [2.75, 3.05) is 6.61 Å². The number of nitrogens with one attached hydrogen (secondary N) is 1. The number of ether oxygens (including phenoxy) is 1. The minimum atomic E-state index is -0.714. The predicted molar refractivity (Wildman–Crippen MR) is 156 cm³/mol. The minimum absolute atomic E-state index is 0.0787. The van der Waals surface area contributed by atoms with Gasteiger partial charge in [0.1, 0.15) is 11.4 Å². The Bertz CT molecular complexity index is 1330. The van der Waals surface area contributed by atoms with Crippen LogP contribution in [0.1, 0.15) is 69.0 Å². The molecule has 6 nitrogen and oxygen atoms in total. The van der Waals surface area contributed by atoms with E-state index in [1.54, 1.807) is 19.2 Å². The maximum Gasteiger partial charge on any atom is 0.308 e. The van der Waals surface area contributed by atoms with Gasteiger partial charge >= 0.3 is 5.97 Å². The largest absolute Gasteiger partial charge is 0.466 e. The number of carbonyl (C=O) groups is 3. The third kappa shape index (κ3) is 7.35. The third-order valence-corrected chi connectivity index (χ3v) is 6.95. The summed E-state index contributed by atoms with van der Waals surface area (Å²) in [5.74, 6) is 3.35. The van der Waals surface area contributed by atoms with Crippen LogP contribution in [0.25, 0.3) is 11.1 Å². The van der Waals surface area contributed by atoms with Crippen molar-refractivity contribution >= 4 is 24.3 Å². The van der Waals surface area contributed by atoms with Gasteiger partial charge in [0.05, 0.1) is 19.1 Å². The number of hydrogen-bond donors (Lipinski definition) is 1. The van der Waals surface area contributed by atoms with Gasteiger partial charge in [0.25, 0.3) is 6.71 Å². The first-order chi connectivity index (χ1) is 18.5. The van der Waals surface area contributed by atoms with E-state index in [1.807, 2.05) is 70.9 Å². The third-order valence-electron chi connectivity index (χ3n) is 6.95. The van der Waals surface area contributed by atoms with Crippen molar-refractivity contribution in [3.63, 3.8) is 0 Å². The van der Waals surface area contributed by atoms with E-state index < -0.39 is 24.5 Å². The molecule has 2 heterocycles. The maximum atomic E-state index is 13.8. The molecular formula is C32H37BN2O4. The van der Waals surface area contributed by atoms with Crippen LogP contribution in [0.5, 0.6) is 0 Å². The Kier molecular flexibility index (Phi) is 10.1. The lowest BCUT2D eigenvalue weighted by molar-refractivity contribution is -0.143. The summed E-state index contributed by atoms with van der Waals surface area (Å²) in [5.41, 5.74) is 5.71. The summed E-state index contributed by atoms with van der Waals surface area (Å²) < 4.78 is 5.23. The van der Waals surface area contributed by atoms with Crippen LogP contribution in [0.15, 0.2) is 54.2 Å². The smallest absolute Gasteiger partial charge is 0.308 e. The fourth-order valence-electron chi connectivity index (χ4n) is 5.11. The van der Waals surface area contributed by atoms with Crippen molar-refractivity contribution in [2.24, 2.45) is 5.92 Å². The lowest BCUT2D eigenvalue weighted by Gasteiger charge is -2.27. The molecule has 7 heteroatoms. The van der Waals surface area contributed by atoms with Crippen molar-refractivity contribution in [2.45, 2.75) is 66.2 Å². The molecule has 3 rings (SSSR count). The molecule has 1 aliphatic rings. The summed E-state index contributed by atoms with van der Waals surface area (Å²) in [6.45, 7) is 11.3. The molecule has 1 N–H and O–H groups in total. The molecule has 0 aliphatic carbocycles. The van der Waals surface area contributed by atoms with E-state index in [1.165, 1.54) is 0 Å². The number of pyridine rings is 1. The topological polar surface area (TPSA) is 85.4 Å². The Morgan fingerprint density at radius 1 is 1.18 bits per heavy atom. The number of aryl methyl sites for hydroxylation is 2. The standard InChI is InChI=1S/C32H37BN2O4/c1-8-27-25(31-22(6)11-10-12-23(31)7)17-24(19-34-27)28(18-30(37)39-9-2)35-32(38)26(15-20(3)4)33-14-13-21(5)16-29(33)36/h1,10-14,16-17,19-20,26,28H,9,15,18H2,2-7H3,(H,35,38)/t26-,28?/m1/s1. The molecule has 0 saturated carbocycles.